The number of nitrogens with one attached hydrogen (secondary N) is 2. The van der Waals surface area contributed by atoms with Crippen LogP contribution in [0.1, 0.15) is 24.2 Å². The zero-order valence-electron chi connectivity index (χ0n) is 10.4. The molecule has 0 aliphatic carbocycles. The number of benzene rings is 1. The normalized spacial score (nSPS) is 11.0. The summed E-state index contributed by atoms with van der Waals surface area (Å²) in [6.45, 7) is 4.07. The maximum Gasteiger partial charge on any atom is -1.00 e. The summed E-state index contributed by atoms with van der Waals surface area (Å²) in [5.74, 6) is 5.56. The molecule has 4 nitrogen and oxygen atoms in total. The zero-order chi connectivity index (χ0) is 12.7. The van der Waals surface area contributed by atoms with Gasteiger partial charge in [0.2, 0.25) is 0 Å². The van der Waals surface area contributed by atoms with E-state index in [1.807, 2.05) is 44.2 Å². The van der Waals surface area contributed by atoms with Crippen molar-refractivity contribution in [1.82, 2.24) is 5.43 Å². The molecular formula is C12H18BrN3OSe. The van der Waals surface area contributed by atoms with Gasteiger partial charge in [-0.15, -0.1) is 0 Å². The molecule has 0 heterocycles. The van der Waals surface area contributed by atoms with E-state index in [0.717, 1.165) is 10.3 Å². The molecule has 0 atom stereocenters. The molecule has 0 amide bonds. The van der Waals surface area contributed by atoms with E-state index in [4.69, 9.17) is 5.84 Å². The second kappa shape index (κ2) is 9.28. The van der Waals surface area contributed by atoms with E-state index in [9.17, 15) is 4.79 Å². The van der Waals surface area contributed by atoms with Crippen LogP contribution >= 0.6 is 0 Å². The van der Waals surface area contributed by atoms with Crippen LogP contribution in [0, 0.1) is 0 Å². The van der Waals surface area contributed by atoms with Crippen molar-refractivity contribution < 1.29 is 26.8 Å². The molecule has 1 aromatic rings. The number of hydrogen-bond acceptors (Lipinski definition) is 2. The van der Waals surface area contributed by atoms with E-state index in [0.29, 0.717) is 11.4 Å². The van der Waals surface area contributed by atoms with E-state index in [2.05, 4.69) is 10.4 Å². The maximum absolute atomic E-state index is 11.9. The quantitative estimate of drug-likeness (QED) is 0.123. The third kappa shape index (κ3) is 6.31. The Bertz CT molecular complexity index is 396. The van der Waals surface area contributed by atoms with E-state index in [1.165, 1.54) is 0 Å². The monoisotopic (exact) mass is 379 g/mol. The van der Waals surface area contributed by atoms with Gasteiger partial charge in [-0.2, -0.15) is 0 Å². The van der Waals surface area contributed by atoms with E-state index in [-0.39, 0.29) is 37.7 Å². The van der Waals surface area contributed by atoms with Crippen LogP contribution in [0.15, 0.2) is 30.3 Å². The SMILES string of the molecule is CC(C)[NH+]=C(NN)[Se]CC(=O)c1ccccc1.[Br-]. The molecule has 18 heavy (non-hydrogen) atoms. The third-order valence-electron chi connectivity index (χ3n) is 1.99. The Kier molecular flexibility index (Phi) is 8.93. The van der Waals surface area contributed by atoms with Gasteiger partial charge < -0.3 is 17.0 Å². The first kappa shape index (κ1) is 17.3. The molecular weight excluding hydrogens is 361 g/mol. The molecule has 0 aliphatic heterocycles. The number of carbonyl (C=O) groups is 1. The first-order chi connectivity index (χ1) is 8.13. The Morgan fingerprint density at radius 3 is 2.50 bits per heavy atom. The molecule has 0 aliphatic rings. The standard InChI is InChI=1S/C12H17N3OSe.BrH/c1-9(2)14-12(15-13)17-8-11(16)10-6-4-3-5-7-10;/h3-7,9H,8,13H2,1-2H3,(H,14,15);1H. The van der Waals surface area contributed by atoms with Crippen molar-refractivity contribution in [2.45, 2.75) is 25.2 Å². The summed E-state index contributed by atoms with van der Waals surface area (Å²) in [6.07, 6.45) is 0. The molecule has 0 radical (unpaired) electrons. The number of hydrazine groups is 1. The summed E-state index contributed by atoms with van der Waals surface area (Å²) in [6, 6.07) is 9.64. The van der Waals surface area contributed by atoms with Crippen LogP contribution in [-0.2, 0) is 0 Å². The number of ketones is 1. The number of rotatable bonds is 5. The number of halogens is 1. The van der Waals surface area contributed by atoms with Crippen molar-refractivity contribution in [1.29, 1.82) is 0 Å². The fourth-order valence-electron chi connectivity index (χ4n) is 1.23. The predicted octanol–water partition coefficient (Wildman–Crippen LogP) is -3.70. The van der Waals surface area contributed by atoms with Crippen molar-refractivity contribution in [3.05, 3.63) is 35.9 Å². The minimum atomic E-state index is 0. The molecule has 100 valence electrons. The van der Waals surface area contributed by atoms with Crippen LogP contribution in [0.25, 0.3) is 0 Å². The van der Waals surface area contributed by atoms with Crippen molar-refractivity contribution in [3.63, 3.8) is 0 Å². The first-order valence-corrected chi connectivity index (χ1v) is 7.51. The summed E-state index contributed by atoms with van der Waals surface area (Å²) < 4.78 is 0.858. The van der Waals surface area contributed by atoms with Crippen molar-refractivity contribution in [3.8, 4) is 0 Å². The van der Waals surface area contributed by atoms with Gasteiger partial charge >= 0.3 is 108 Å². The first-order valence-electron chi connectivity index (χ1n) is 5.44. The molecule has 1 aromatic carbocycles. The van der Waals surface area contributed by atoms with E-state index in [1.54, 1.807) is 0 Å². The Balaban J connectivity index is 0.00000289. The second-order valence-electron chi connectivity index (χ2n) is 3.85. The minimum absolute atomic E-state index is 0. The molecule has 0 aromatic heterocycles. The molecule has 0 bridgehead atoms. The number of nitrogens with two attached hydrogens (primary N) is 1. The second-order valence-corrected chi connectivity index (χ2v) is 5.92. The number of hydrogen-bond donors (Lipinski definition) is 3. The summed E-state index contributed by atoms with van der Waals surface area (Å²) in [5, 5.41) is 0.510. The summed E-state index contributed by atoms with van der Waals surface area (Å²) >= 11 is 0.0198. The van der Waals surface area contributed by atoms with Gasteiger partial charge in [0, 0.05) is 0 Å². The van der Waals surface area contributed by atoms with Gasteiger partial charge in [0.1, 0.15) is 0 Å². The van der Waals surface area contributed by atoms with Crippen LogP contribution in [0.5, 0.6) is 0 Å². The zero-order valence-corrected chi connectivity index (χ0v) is 13.7. The van der Waals surface area contributed by atoms with Gasteiger partial charge in [0.25, 0.3) is 0 Å². The minimum Gasteiger partial charge on any atom is -1.00 e. The van der Waals surface area contributed by atoms with Crippen LogP contribution in [0.4, 0.5) is 0 Å². The Morgan fingerprint density at radius 2 is 2.00 bits per heavy atom. The topological polar surface area (TPSA) is 69.1 Å². The Labute approximate surface area is 124 Å². The molecule has 4 N–H and O–H groups in total. The third-order valence-corrected chi connectivity index (χ3v) is 3.95. The molecule has 1 rings (SSSR count). The van der Waals surface area contributed by atoms with Crippen LogP contribution in [0.3, 0.4) is 0 Å². The van der Waals surface area contributed by atoms with Gasteiger partial charge in [-0.3, -0.25) is 0 Å². The van der Waals surface area contributed by atoms with Crippen molar-refractivity contribution in [2.24, 2.45) is 5.84 Å². The van der Waals surface area contributed by atoms with Gasteiger partial charge in [-0.05, 0) is 0 Å². The van der Waals surface area contributed by atoms with Crippen LogP contribution in [-0.4, -0.2) is 31.5 Å². The summed E-state index contributed by atoms with van der Waals surface area (Å²) in [7, 11) is 0. The van der Waals surface area contributed by atoms with Crippen molar-refractivity contribution in [2.75, 3.05) is 0 Å². The summed E-state index contributed by atoms with van der Waals surface area (Å²) in [5.41, 5.74) is 3.38. The average Bonchev–Trinajstić information content (AvgIpc) is 2.34. The van der Waals surface area contributed by atoms with Gasteiger partial charge in [0.05, 0.1) is 0 Å². The molecule has 0 saturated heterocycles. The van der Waals surface area contributed by atoms with Gasteiger partial charge in [0.15, 0.2) is 0 Å². The number of Topliss-reactive ketones (excluding diaryl/α,β-unsaturated/α-hetero) is 1. The Morgan fingerprint density at radius 1 is 1.39 bits per heavy atom. The van der Waals surface area contributed by atoms with Crippen LogP contribution < -0.4 is 33.2 Å². The fraction of sp³-hybridized carbons (Fsp3) is 0.333. The fourth-order valence-corrected chi connectivity index (χ4v) is 3.00. The number of amidine groups is 1. The largest absolute Gasteiger partial charge is 1.00 e. The van der Waals surface area contributed by atoms with Gasteiger partial charge in [-0.1, -0.05) is 0 Å². The number of carbonyl (C=O) groups excluding carboxylic acids is 1. The Hall–Kier alpha value is -0.681. The molecule has 0 spiro atoms. The molecule has 0 saturated carbocycles. The molecule has 0 unspecified atom stereocenters. The smallest absolute Gasteiger partial charge is 1.00 e. The summed E-state index contributed by atoms with van der Waals surface area (Å²) in [4.78, 5) is 15.0. The average molecular weight is 379 g/mol. The van der Waals surface area contributed by atoms with Crippen LogP contribution in [0.2, 0.25) is 5.32 Å². The molecule has 6 heteroatoms. The molecule has 0 fully saturated rings. The van der Waals surface area contributed by atoms with E-state index < -0.39 is 0 Å². The maximum atomic E-state index is 11.9. The van der Waals surface area contributed by atoms with E-state index >= 15 is 0 Å². The van der Waals surface area contributed by atoms with Crippen molar-refractivity contribution >= 4 is 25.5 Å². The predicted molar refractivity (Wildman–Crippen MR) is 69.8 cm³/mol. The van der Waals surface area contributed by atoms with Gasteiger partial charge in [-0.25, -0.2) is 0 Å².